The van der Waals surface area contributed by atoms with Gasteiger partial charge in [-0.1, -0.05) is 22.6 Å². The molecule has 2 aromatic heterocycles. The number of aromatic amines is 1. The first-order valence-electron chi connectivity index (χ1n) is 7.47. The van der Waals surface area contributed by atoms with Crippen LogP contribution in [0.5, 0.6) is 0 Å². The molecule has 1 N–H and O–H groups in total. The quantitative estimate of drug-likeness (QED) is 0.199. The SMILES string of the molecule is CI.Cn1ncc2ccc([N+](=O)[O-])cc21.O=[N+]([O-])c1ccc2cn[nH]c2c1. The molecule has 2 aromatic carbocycles. The number of non-ortho nitro benzene ring substituents is 2. The van der Waals surface area contributed by atoms with Crippen molar-refractivity contribution in [2.45, 2.75) is 0 Å². The van der Waals surface area contributed by atoms with Gasteiger partial charge in [0.05, 0.1) is 33.3 Å². The number of nitro groups is 2. The number of nitrogens with one attached hydrogen (secondary N) is 1. The number of hydrogen-bond acceptors (Lipinski definition) is 6. The Balaban J connectivity index is 0.000000178. The van der Waals surface area contributed by atoms with E-state index >= 15 is 0 Å². The largest absolute Gasteiger partial charge is 0.278 e. The molecule has 0 saturated carbocycles. The van der Waals surface area contributed by atoms with Crippen molar-refractivity contribution in [3.05, 3.63) is 69.0 Å². The highest BCUT2D eigenvalue weighted by Crippen LogP contribution is 2.19. The van der Waals surface area contributed by atoms with Crippen LogP contribution in [0.3, 0.4) is 0 Å². The molecule has 0 amide bonds. The molecule has 0 unspecified atom stereocenters. The molecule has 0 radical (unpaired) electrons. The number of benzene rings is 2. The summed E-state index contributed by atoms with van der Waals surface area (Å²) in [5.41, 5.74) is 1.63. The minimum Gasteiger partial charge on any atom is -0.278 e. The van der Waals surface area contributed by atoms with E-state index in [1.54, 1.807) is 36.3 Å². The van der Waals surface area contributed by atoms with Gasteiger partial charge in [0, 0.05) is 42.1 Å². The molecular weight excluding hydrogens is 467 g/mol. The molecule has 0 saturated heterocycles. The molecule has 10 nitrogen and oxygen atoms in total. The number of nitrogens with zero attached hydrogens (tertiary/aromatic N) is 5. The average Bonchev–Trinajstić information content (AvgIpc) is 3.29. The molecule has 140 valence electrons. The van der Waals surface area contributed by atoms with Crippen molar-refractivity contribution >= 4 is 55.8 Å². The number of fused-ring (bicyclic) bond motifs is 2. The fourth-order valence-corrected chi connectivity index (χ4v) is 2.28. The Kier molecular flexibility index (Phi) is 6.76. The highest BCUT2D eigenvalue weighted by atomic mass is 127. The molecule has 0 spiro atoms. The van der Waals surface area contributed by atoms with E-state index in [9.17, 15) is 20.2 Å². The van der Waals surface area contributed by atoms with Gasteiger partial charge in [0.2, 0.25) is 0 Å². The molecule has 4 rings (SSSR count). The van der Waals surface area contributed by atoms with E-state index in [1.807, 2.05) is 4.93 Å². The number of rotatable bonds is 2. The van der Waals surface area contributed by atoms with E-state index in [4.69, 9.17) is 0 Å². The van der Waals surface area contributed by atoms with Gasteiger partial charge in [-0.3, -0.25) is 30.0 Å². The summed E-state index contributed by atoms with van der Waals surface area (Å²) in [6.45, 7) is 0. The zero-order valence-corrected chi connectivity index (χ0v) is 16.5. The minimum absolute atomic E-state index is 0.0757. The summed E-state index contributed by atoms with van der Waals surface area (Å²) in [7, 11) is 1.76. The summed E-state index contributed by atoms with van der Waals surface area (Å²) in [5, 5.41) is 33.0. The molecule has 0 aliphatic heterocycles. The monoisotopic (exact) mass is 482 g/mol. The lowest BCUT2D eigenvalue weighted by atomic mass is 10.2. The van der Waals surface area contributed by atoms with Crippen LogP contribution < -0.4 is 0 Å². The molecular formula is C16H15IN6O4. The van der Waals surface area contributed by atoms with Gasteiger partial charge in [-0.2, -0.15) is 10.2 Å². The van der Waals surface area contributed by atoms with Crippen LogP contribution in [0.1, 0.15) is 0 Å². The highest BCUT2D eigenvalue weighted by Gasteiger charge is 2.08. The van der Waals surface area contributed by atoms with E-state index in [1.165, 1.54) is 24.3 Å². The highest BCUT2D eigenvalue weighted by molar-refractivity contribution is 14.1. The Morgan fingerprint density at radius 2 is 1.56 bits per heavy atom. The number of nitro benzene ring substituents is 2. The predicted octanol–water partition coefficient (Wildman–Crippen LogP) is 4.00. The molecule has 0 fully saturated rings. The summed E-state index contributed by atoms with van der Waals surface area (Å²) >= 11 is 2.15. The number of H-pyrrole nitrogens is 1. The van der Waals surface area contributed by atoms with Crippen LogP contribution in [0.25, 0.3) is 21.8 Å². The molecule has 0 aliphatic rings. The van der Waals surface area contributed by atoms with Gasteiger partial charge in [0.1, 0.15) is 0 Å². The van der Waals surface area contributed by atoms with E-state index in [0.29, 0.717) is 5.52 Å². The Hall–Kier alpha value is -3.09. The normalized spacial score (nSPS) is 9.89. The van der Waals surface area contributed by atoms with Crippen molar-refractivity contribution in [1.82, 2.24) is 20.0 Å². The second kappa shape index (κ2) is 9.02. The lowest BCUT2D eigenvalue weighted by molar-refractivity contribution is -0.384. The van der Waals surface area contributed by atoms with Gasteiger partial charge in [0.25, 0.3) is 11.4 Å². The Morgan fingerprint density at radius 1 is 0.963 bits per heavy atom. The topological polar surface area (TPSA) is 133 Å². The first-order valence-corrected chi connectivity index (χ1v) is 9.63. The number of hydrogen-bond donors (Lipinski definition) is 1. The summed E-state index contributed by atoms with van der Waals surface area (Å²) in [4.78, 5) is 21.9. The number of halogens is 1. The van der Waals surface area contributed by atoms with Crippen molar-refractivity contribution in [2.24, 2.45) is 7.05 Å². The summed E-state index contributed by atoms with van der Waals surface area (Å²) < 4.78 is 1.61. The Bertz CT molecular complexity index is 1090. The van der Waals surface area contributed by atoms with Crippen molar-refractivity contribution in [3.8, 4) is 0 Å². The van der Waals surface area contributed by atoms with Gasteiger partial charge in [0.15, 0.2) is 0 Å². The van der Waals surface area contributed by atoms with E-state index in [2.05, 4.69) is 37.9 Å². The first kappa shape index (κ1) is 20.2. The summed E-state index contributed by atoms with van der Waals surface area (Å²) in [6, 6.07) is 9.27. The van der Waals surface area contributed by atoms with Crippen molar-refractivity contribution < 1.29 is 9.85 Å². The van der Waals surface area contributed by atoms with Crippen LogP contribution in [0.2, 0.25) is 0 Å². The van der Waals surface area contributed by atoms with Gasteiger partial charge in [-0.15, -0.1) is 0 Å². The molecule has 11 heteroatoms. The lowest BCUT2D eigenvalue weighted by Crippen LogP contribution is -1.91. The van der Waals surface area contributed by atoms with E-state index < -0.39 is 9.85 Å². The van der Waals surface area contributed by atoms with Gasteiger partial charge in [-0.25, -0.2) is 0 Å². The molecule has 0 aliphatic carbocycles. The van der Waals surface area contributed by atoms with Gasteiger partial charge < -0.3 is 0 Å². The predicted molar refractivity (Wildman–Crippen MR) is 110 cm³/mol. The lowest BCUT2D eigenvalue weighted by Gasteiger charge is -1.93. The van der Waals surface area contributed by atoms with E-state index in [-0.39, 0.29) is 11.4 Å². The second-order valence-corrected chi connectivity index (χ2v) is 5.17. The number of alkyl halides is 1. The van der Waals surface area contributed by atoms with Crippen LogP contribution in [-0.4, -0.2) is 34.8 Å². The van der Waals surface area contributed by atoms with Crippen LogP contribution in [0.15, 0.2) is 48.8 Å². The Labute approximate surface area is 166 Å². The van der Waals surface area contributed by atoms with Gasteiger partial charge >= 0.3 is 0 Å². The molecule has 27 heavy (non-hydrogen) atoms. The van der Waals surface area contributed by atoms with Crippen LogP contribution in [0, 0.1) is 20.2 Å². The number of aryl methyl sites for hydroxylation is 1. The van der Waals surface area contributed by atoms with Gasteiger partial charge in [-0.05, 0) is 17.1 Å². The molecule has 2 heterocycles. The third-order valence-corrected chi connectivity index (χ3v) is 3.58. The summed E-state index contributed by atoms with van der Waals surface area (Å²) in [6.07, 6.45) is 3.30. The summed E-state index contributed by atoms with van der Waals surface area (Å²) in [5.74, 6) is 0. The Morgan fingerprint density at radius 3 is 2.19 bits per heavy atom. The maximum Gasteiger partial charge on any atom is 0.271 e. The smallest absolute Gasteiger partial charge is 0.271 e. The third kappa shape index (κ3) is 4.75. The van der Waals surface area contributed by atoms with Crippen LogP contribution >= 0.6 is 22.6 Å². The van der Waals surface area contributed by atoms with Crippen molar-refractivity contribution in [3.63, 3.8) is 0 Å². The van der Waals surface area contributed by atoms with Crippen molar-refractivity contribution in [1.29, 1.82) is 0 Å². The third-order valence-electron chi connectivity index (χ3n) is 3.58. The van der Waals surface area contributed by atoms with Crippen LogP contribution in [0.4, 0.5) is 11.4 Å². The maximum atomic E-state index is 10.5. The number of aromatic nitrogens is 4. The second-order valence-electron chi connectivity index (χ2n) is 5.17. The molecule has 0 atom stereocenters. The van der Waals surface area contributed by atoms with E-state index in [0.717, 1.165) is 16.3 Å². The fraction of sp³-hybridized carbons (Fsp3) is 0.125. The zero-order valence-electron chi connectivity index (χ0n) is 14.4. The first-order chi connectivity index (χ1) is 13.0. The average molecular weight is 482 g/mol. The standard InChI is InChI=1S/C8H7N3O2.C7H5N3O2.CH3I/c1-10-8-4-7(11(12)13)3-2-6(8)5-9-10;11-10(12)6-2-1-5-4-8-9-7(5)3-6;1-2/h2-5H,1H3;1-4H,(H,8,9);1H3. The fourth-order valence-electron chi connectivity index (χ4n) is 2.28. The minimum atomic E-state index is -0.430. The molecule has 0 bridgehead atoms. The maximum absolute atomic E-state index is 10.5. The zero-order chi connectivity index (χ0) is 20.0. The van der Waals surface area contributed by atoms with Crippen LogP contribution in [-0.2, 0) is 7.05 Å². The molecule has 4 aromatic rings. The van der Waals surface area contributed by atoms with Crippen molar-refractivity contribution in [2.75, 3.05) is 4.93 Å².